The van der Waals surface area contributed by atoms with Gasteiger partial charge in [0.05, 0.1) is 5.75 Å². The highest BCUT2D eigenvalue weighted by Crippen LogP contribution is 2.38. The summed E-state index contributed by atoms with van der Waals surface area (Å²) in [6.07, 6.45) is 6.22. The molecule has 2 aliphatic rings. The number of urea groups is 1. The molecule has 3 amide bonds. The highest BCUT2D eigenvalue weighted by atomic mass is 32.2. The number of anilines is 1. The Kier molecular flexibility index (Phi) is 5.74. The monoisotopic (exact) mass is 393 g/mol. The number of fused-ring (bicyclic) bond motifs is 2. The highest BCUT2D eigenvalue weighted by molar-refractivity contribution is 7.90. The van der Waals surface area contributed by atoms with Gasteiger partial charge in [-0.3, -0.25) is 4.79 Å². The molecule has 148 valence electrons. The minimum atomic E-state index is -3.77. The summed E-state index contributed by atoms with van der Waals surface area (Å²) in [6.45, 7) is 3.11. The highest BCUT2D eigenvalue weighted by Gasteiger charge is 2.26. The van der Waals surface area contributed by atoms with Crippen LogP contribution in [0.25, 0.3) is 0 Å². The lowest BCUT2D eigenvalue weighted by Gasteiger charge is -2.17. The van der Waals surface area contributed by atoms with Crippen molar-refractivity contribution >= 4 is 27.6 Å². The van der Waals surface area contributed by atoms with E-state index in [-0.39, 0.29) is 24.1 Å². The van der Waals surface area contributed by atoms with Crippen molar-refractivity contribution in [3.8, 4) is 0 Å². The van der Waals surface area contributed by atoms with E-state index in [1.807, 2.05) is 0 Å². The summed E-state index contributed by atoms with van der Waals surface area (Å²) >= 11 is 0. The first-order chi connectivity index (χ1) is 12.7. The van der Waals surface area contributed by atoms with Crippen LogP contribution in [0.15, 0.2) is 6.07 Å². The van der Waals surface area contributed by atoms with E-state index in [0.717, 1.165) is 55.3 Å². The lowest BCUT2D eigenvalue weighted by Crippen LogP contribution is -2.39. The van der Waals surface area contributed by atoms with E-state index in [4.69, 9.17) is 0 Å². The van der Waals surface area contributed by atoms with Crippen LogP contribution in [-0.2, 0) is 40.5 Å². The largest absolute Gasteiger partial charge is 0.354 e. The molecule has 1 unspecified atom stereocenters. The van der Waals surface area contributed by atoms with Gasteiger partial charge in [-0.15, -0.1) is 0 Å². The summed E-state index contributed by atoms with van der Waals surface area (Å²) < 4.78 is 26.5. The van der Waals surface area contributed by atoms with Gasteiger partial charge in [0.15, 0.2) is 0 Å². The topological polar surface area (TPSA) is 104 Å². The van der Waals surface area contributed by atoms with Crippen LogP contribution in [0.2, 0.25) is 0 Å². The number of aryl methyl sites for hydroxylation is 2. The molecular weight excluding hydrogens is 366 g/mol. The molecule has 0 heterocycles. The molecule has 0 saturated heterocycles. The molecule has 0 fully saturated rings. The Morgan fingerprint density at radius 3 is 2.22 bits per heavy atom. The Labute approximate surface area is 160 Å². The number of amides is 3. The number of hydrogen-bond donors (Lipinski definition) is 3. The van der Waals surface area contributed by atoms with Crippen molar-refractivity contribution in [1.29, 1.82) is 0 Å². The van der Waals surface area contributed by atoms with Crippen molar-refractivity contribution in [3.63, 3.8) is 0 Å². The van der Waals surface area contributed by atoms with Crippen LogP contribution in [0, 0.1) is 0 Å². The molecule has 1 atom stereocenters. The maximum atomic E-state index is 12.4. The fraction of sp³-hybridized carbons (Fsp3) is 0.579. The zero-order valence-electron chi connectivity index (χ0n) is 15.9. The van der Waals surface area contributed by atoms with Crippen LogP contribution < -0.4 is 15.4 Å². The van der Waals surface area contributed by atoms with Gasteiger partial charge in [-0.2, -0.15) is 0 Å². The molecule has 0 spiro atoms. The molecule has 27 heavy (non-hydrogen) atoms. The molecule has 2 aliphatic carbocycles. The normalized spacial score (nSPS) is 16.4. The fourth-order valence-electron chi connectivity index (χ4n) is 4.05. The number of nitrogens with one attached hydrogen (secondary N) is 3. The molecule has 0 aromatic heterocycles. The second-order valence-corrected chi connectivity index (χ2v) is 9.34. The summed E-state index contributed by atoms with van der Waals surface area (Å²) in [7, 11) is -3.77. The van der Waals surface area contributed by atoms with E-state index in [9.17, 15) is 18.0 Å². The van der Waals surface area contributed by atoms with Crippen molar-refractivity contribution in [2.75, 3.05) is 11.1 Å². The average molecular weight is 394 g/mol. The van der Waals surface area contributed by atoms with Crippen LogP contribution >= 0.6 is 0 Å². The maximum absolute atomic E-state index is 12.4. The summed E-state index contributed by atoms with van der Waals surface area (Å²) in [6, 6.07) is 1.27. The quantitative estimate of drug-likeness (QED) is 0.688. The predicted octanol–water partition coefficient (Wildman–Crippen LogP) is 2.03. The second-order valence-electron chi connectivity index (χ2n) is 7.50. The number of carbonyl (C=O) groups is 2. The van der Waals surface area contributed by atoms with Gasteiger partial charge < -0.3 is 10.6 Å². The smallest absolute Gasteiger partial charge is 0.332 e. The van der Waals surface area contributed by atoms with Crippen LogP contribution in [0.3, 0.4) is 0 Å². The van der Waals surface area contributed by atoms with Crippen LogP contribution in [0.4, 0.5) is 10.5 Å². The number of hydrogen-bond acceptors (Lipinski definition) is 4. The number of benzene rings is 1. The Balaban J connectivity index is 1.65. The third-order valence-electron chi connectivity index (χ3n) is 5.23. The minimum Gasteiger partial charge on any atom is -0.354 e. The third kappa shape index (κ3) is 4.80. The molecule has 7 nitrogen and oxygen atoms in total. The van der Waals surface area contributed by atoms with Gasteiger partial charge in [-0.05, 0) is 74.1 Å². The van der Waals surface area contributed by atoms with Gasteiger partial charge in [-0.25, -0.2) is 17.9 Å². The Bertz CT molecular complexity index is 832. The minimum absolute atomic E-state index is 0.211. The molecule has 8 heteroatoms. The Morgan fingerprint density at radius 1 is 1.07 bits per heavy atom. The maximum Gasteiger partial charge on any atom is 0.332 e. The fourth-order valence-corrected chi connectivity index (χ4v) is 5.15. The second kappa shape index (κ2) is 7.88. The molecule has 0 aliphatic heterocycles. The molecule has 0 saturated carbocycles. The van der Waals surface area contributed by atoms with Gasteiger partial charge in [0.1, 0.15) is 0 Å². The van der Waals surface area contributed by atoms with Gasteiger partial charge in [0.25, 0.3) is 0 Å². The van der Waals surface area contributed by atoms with Crippen LogP contribution in [-0.4, -0.2) is 32.2 Å². The van der Waals surface area contributed by atoms with Crippen molar-refractivity contribution in [3.05, 3.63) is 28.3 Å². The van der Waals surface area contributed by atoms with Gasteiger partial charge in [0.2, 0.25) is 15.9 Å². The SMILES string of the molecule is CC(=O)NC(C)CCS(=O)(=O)NC(=O)Nc1c2c(cc3c1CCC3)CCC2. The zero-order valence-corrected chi connectivity index (χ0v) is 16.7. The summed E-state index contributed by atoms with van der Waals surface area (Å²) in [5, 5.41) is 5.45. The zero-order chi connectivity index (χ0) is 19.6. The molecule has 1 aromatic carbocycles. The first-order valence-corrected chi connectivity index (χ1v) is 11.2. The number of rotatable bonds is 6. The number of carbonyl (C=O) groups excluding carboxylic acids is 2. The van der Waals surface area contributed by atoms with Crippen LogP contribution in [0.1, 0.15) is 55.4 Å². The molecular formula is C19H27N3O4S. The third-order valence-corrected chi connectivity index (χ3v) is 6.50. The van der Waals surface area contributed by atoms with E-state index in [2.05, 4.69) is 21.4 Å². The van der Waals surface area contributed by atoms with E-state index in [1.54, 1.807) is 6.92 Å². The molecule has 3 N–H and O–H groups in total. The molecule has 1 aromatic rings. The Hall–Kier alpha value is -2.09. The number of sulfonamides is 1. The van der Waals surface area contributed by atoms with Crippen molar-refractivity contribution < 1.29 is 18.0 Å². The van der Waals surface area contributed by atoms with E-state index in [1.165, 1.54) is 18.1 Å². The van der Waals surface area contributed by atoms with Crippen LogP contribution in [0.5, 0.6) is 0 Å². The van der Waals surface area contributed by atoms with Crippen molar-refractivity contribution in [1.82, 2.24) is 10.0 Å². The van der Waals surface area contributed by atoms with Gasteiger partial charge in [0, 0.05) is 18.7 Å². The predicted molar refractivity (Wildman–Crippen MR) is 104 cm³/mol. The van der Waals surface area contributed by atoms with Crippen molar-refractivity contribution in [2.24, 2.45) is 0 Å². The molecule has 0 radical (unpaired) electrons. The lowest BCUT2D eigenvalue weighted by molar-refractivity contribution is -0.119. The summed E-state index contributed by atoms with van der Waals surface area (Å²) in [5.74, 6) is -0.440. The van der Waals surface area contributed by atoms with E-state index in [0.29, 0.717) is 0 Å². The molecule has 3 rings (SSSR count). The van der Waals surface area contributed by atoms with Gasteiger partial charge >= 0.3 is 6.03 Å². The first kappa shape index (κ1) is 19.7. The van der Waals surface area contributed by atoms with E-state index >= 15 is 0 Å². The Morgan fingerprint density at radius 2 is 1.67 bits per heavy atom. The van der Waals surface area contributed by atoms with Gasteiger partial charge in [-0.1, -0.05) is 6.07 Å². The molecule has 0 bridgehead atoms. The lowest BCUT2D eigenvalue weighted by atomic mass is 9.99. The standard InChI is InChI=1S/C19H27N3O4S/c1-12(20-13(2)23)9-10-27(25,26)22-19(24)21-18-16-7-3-5-14(16)11-15-6-4-8-17(15)18/h11-12H,3-10H2,1-2H3,(H,20,23)(H2,21,22,24). The summed E-state index contributed by atoms with van der Waals surface area (Å²) in [4.78, 5) is 23.4. The van der Waals surface area contributed by atoms with Crippen molar-refractivity contribution in [2.45, 2.75) is 64.8 Å². The first-order valence-electron chi connectivity index (χ1n) is 9.50. The average Bonchev–Trinajstić information content (AvgIpc) is 3.20. The van der Waals surface area contributed by atoms with E-state index < -0.39 is 16.1 Å². The summed E-state index contributed by atoms with van der Waals surface area (Å²) in [5.41, 5.74) is 5.68.